The van der Waals surface area contributed by atoms with Crippen LogP contribution < -0.4 is 0 Å². The molecule has 1 aliphatic heterocycles. The van der Waals surface area contributed by atoms with Gasteiger partial charge in [-0.2, -0.15) is 0 Å². The van der Waals surface area contributed by atoms with Crippen LogP contribution in [0.3, 0.4) is 0 Å². The molecule has 1 N–H and O–H groups in total. The van der Waals surface area contributed by atoms with E-state index in [1.165, 1.54) is 5.57 Å². The molecule has 0 bridgehead atoms. The molecular formula is C9H16BrNO. The van der Waals surface area contributed by atoms with E-state index in [9.17, 15) is 5.11 Å². The summed E-state index contributed by atoms with van der Waals surface area (Å²) in [5.74, 6) is 0. The molecule has 0 aliphatic carbocycles. The summed E-state index contributed by atoms with van der Waals surface area (Å²) in [5, 5.41) is 10.1. The zero-order valence-electron chi connectivity index (χ0n) is 7.30. The summed E-state index contributed by atoms with van der Waals surface area (Å²) in [4.78, 5) is 2.34. The lowest BCUT2D eigenvalue weighted by atomic mass is 10.1. The van der Waals surface area contributed by atoms with E-state index >= 15 is 0 Å². The maximum Gasteiger partial charge on any atom is 0.0564 e. The standard InChI is InChI=1S/C9H16BrNO/c1-8(6-10)7-11-4-2-9(12)3-5-11/h9,12H,1-7H2. The van der Waals surface area contributed by atoms with Crippen LogP contribution in [0, 0.1) is 0 Å². The van der Waals surface area contributed by atoms with Crippen molar-refractivity contribution in [3.8, 4) is 0 Å². The van der Waals surface area contributed by atoms with E-state index in [1.54, 1.807) is 0 Å². The van der Waals surface area contributed by atoms with E-state index in [4.69, 9.17) is 0 Å². The highest BCUT2D eigenvalue weighted by Gasteiger charge is 2.16. The van der Waals surface area contributed by atoms with Crippen LogP contribution in [0.1, 0.15) is 12.8 Å². The lowest BCUT2D eigenvalue weighted by molar-refractivity contribution is 0.0870. The fraction of sp³-hybridized carbons (Fsp3) is 0.778. The van der Waals surface area contributed by atoms with Crippen molar-refractivity contribution >= 4 is 15.9 Å². The number of piperidine rings is 1. The first-order chi connectivity index (χ1) is 5.72. The lowest BCUT2D eigenvalue weighted by Gasteiger charge is -2.29. The quantitative estimate of drug-likeness (QED) is 0.589. The Morgan fingerprint density at radius 2 is 2.08 bits per heavy atom. The second-order valence-electron chi connectivity index (χ2n) is 3.39. The van der Waals surface area contributed by atoms with Crippen LogP contribution in [0.4, 0.5) is 0 Å². The minimum Gasteiger partial charge on any atom is -0.393 e. The largest absolute Gasteiger partial charge is 0.393 e. The molecule has 0 saturated carbocycles. The molecule has 1 rings (SSSR count). The average Bonchev–Trinajstić information content (AvgIpc) is 2.09. The molecule has 0 radical (unpaired) electrons. The SMILES string of the molecule is C=C(CBr)CN1CCC(O)CC1. The molecule has 0 atom stereocenters. The lowest BCUT2D eigenvalue weighted by Crippen LogP contribution is -2.37. The predicted molar refractivity (Wildman–Crippen MR) is 54.6 cm³/mol. The van der Waals surface area contributed by atoms with Crippen molar-refractivity contribution in [3.63, 3.8) is 0 Å². The van der Waals surface area contributed by atoms with Gasteiger partial charge in [-0.05, 0) is 12.8 Å². The van der Waals surface area contributed by atoms with Crippen LogP contribution in [0.5, 0.6) is 0 Å². The van der Waals surface area contributed by atoms with Gasteiger partial charge >= 0.3 is 0 Å². The second kappa shape index (κ2) is 5.00. The Hall–Kier alpha value is 0.140. The Morgan fingerprint density at radius 3 is 2.58 bits per heavy atom. The number of rotatable bonds is 3. The Labute approximate surface area is 82.4 Å². The first-order valence-corrected chi connectivity index (χ1v) is 5.47. The molecule has 0 aromatic rings. The zero-order valence-corrected chi connectivity index (χ0v) is 8.89. The van der Waals surface area contributed by atoms with Crippen LogP contribution in [-0.2, 0) is 0 Å². The minimum absolute atomic E-state index is 0.0708. The Balaban J connectivity index is 2.21. The zero-order chi connectivity index (χ0) is 8.97. The molecule has 0 aromatic heterocycles. The van der Waals surface area contributed by atoms with Gasteiger partial charge in [-0.25, -0.2) is 0 Å². The highest BCUT2D eigenvalue weighted by atomic mass is 79.9. The predicted octanol–water partition coefficient (Wildman–Crippen LogP) is 1.39. The van der Waals surface area contributed by atoms with Crippen molar-refractivity contribution in [3.05, 3.63) is 12.2 Å². The van der Waals surface area contributed by atoms with Gasteiger partial charge in [-0.1, -0.05) is 28.1 Å². The average molecular weight is 234 g/mol. The van der Waals surface area contributed by atoms with Gasteiger partial charge in [0.15, 0.2) is 0 Å². The summed E-state index contributed by atoms with van der Waals surface area (Å²) in [5.41, 5.74) is 1.21. The van der Waals surface area contributed by atoms with Crippen LogP contribution in [-0.4, -0.2) is 41.1 Å². The van der Waals surface area contributed by atoms with E-state index in [0.29, 0.717) is 0 Å². The molecule has 1 fully saturated rings. The van der Waals surface area contributed by atoms with E-state index in [2.05, 4.69) is 27.4 Å². The molecule has 0 spiro atoms. The fourth-order valence-electron chi connectivity index (χ4n) is 1.44. The summed E-state index contributed by atoms with van der Waals surface area (Å²) >= 11 is 3.38. The number of likely N-dealkylation sites (tertiary alicyclic amines) is 1. The van der Waals surface area contributed by atoms with Gasteiger partial charge in [0.05, 0.1) is 6.10 Å². The van der Waals surface area contributed by atoms with Crippen molar-refractivity contribution in [1.82, 2.24) is 4.90 Å². The number of aliphatic hydroxyl groups excluding tert-OH is 1. The van der Waals surface area contributed by atoms with Gasteiger partial charge in [-0.15, -0.1) is 0 Å². The number of aliphatic hydroxyl groups is 1. The Kier molecular flexibility index (Phi) is 4.26. The third-order valence-corrected chi connectivity index (χ3v) is 2.99. The first kappa shape index (κ1) is 10.2. The molecule has 0 aromatic carbocycles. The van der Waals surface area contributed by atoms with Crippen molar-refractivity contribution in [1.29, 1.82) is 0 Å². The van der Waals surface area contributed by atoms with Gasteiger partial charge in [0.1, 0.15) is 0 Å². The van der Waals surface area contributed by atoms with Gasteiger partial charge < -0.3 is 5.11 Å². The summed E-state index contributed by atoms with van der Waals surface area (Å²) in [6.07, 6.45) is 1.75. The van der Waals surface area contributed by atoms with Gasteiger partial charge in [0, 0.05) is 25.0 Å². The number of nitrogens with zero attached hydrogens (tertiary/aromatic N) is 1. The normalized spacial score (nSPS) is 21.2. The topological polar surface area (TPSA) is 23.5 Å². The third-order valence-electron chi connectivity index (χ3n) is 2.19. The van der Waals surface area contributed by atoms with Gasteiger partial charge in [-0.3, -0.25) is 4.90 Å². The summed E-state index contributed by atoms with van der Waals surface area (Å²) < 4.78 is 0. The van der Waals surface area contributed by atoms with Crippen molar-refractivity contribution in [2.75, 3.05) is 25.0 Å². The molecule has 1 saturated heterocycles. The van der Waals surface area contributed by atoms with Crippen LogP contribution >= 0.6 is 15.9 Å². The van der Waals surface area contributed by atoms with Gasteiger partial charge in [0.25, 0.3) is 0 Å². The van der Waals surface area contributed by atoms with E-state index < -0.39 is 0 Å². The minimum atomic E-state index is -0.0708. The second-order valence-corrected chi connectivity index (χ2v) is 3.95. The molecule has 12 heavy (non-hydrogen) atoms. The Bertz CT molecular complexity index is 153. The highest BCUT2D eigenvalue weighted by molar-refractivity contribution is 9.09. The number of hydrogen-bond donors (Lipinski definition) is 1. The molecule has 3 heteroatoms. The van der Waals surface area contributed by atoms with E-state index in [-0.39, 0.29) is 6.10 Å². The smallest absolute Gasteiger partial charge is 0.0564 e. The molecular weight excluding hydrogens is 218 g/mol. The van der Waals surface area contributed by atoms with Crippen LogP contribution in [0.15, 0.2) is 12.2 Å². The van der Waals surface area contributed by atoms with Crippen molar-refractivity contribution < 1.29 is 5.11 Å². The van der Waals surface area contributed by atoms with Crippen molar-refractivity contribution in [2.24, 2.45) is 0 Å². The van der Waals surface area contributed by atoms with Crippen molar-refractivity contribution in [2.45, 2.75) is 18.9 Å². The summed E-state index contributed by atoms with van der Waals surface area (Å²) in [6.45, 7) is 6.92. The number of alkyl halides is 1. The summed E-state index contributed by atoms with van der Waals surface area (Å²) in [7, 11) is 0. The molecule has 0 unspecified atom stereocenters. The van der Waals surface area contributed by atoms with Crippen LogP contribution in [0.2, 0.25) is 0 Å². The maximum absolute atomic E-state index is 9.26. The van der Waals surface area contributed by atoms with Gasteiger partial charge in [0.2, 0.25) is 0 Å². The third kappa shape index (κ3) is 3.25. The summed E-state index contributed by atoms with van der Waals surface area (Å²) in [6, 6.07) is 0. The fourth-order valence-corrected chi connectivity index (χ4v) is 1.61. The number of halogens is 1. The number of hydrogen-bond acceptors (Lipinski definition) is 2. The van der Waals surface area contributed by atoms with E-state index in [1.807, 2.05) is 0 Å². The molecule has 1 aliphatic rings. The molecule has 2 nitrogen and oxygen atoms in total. The molecule has 70 valence electrons. The monoisotopic (exact) mass is 233 g/mol. The Morgan fingerprint density at radius 1 is 1.50 bits per heavy atom. The van der Waals surface area contributed by atoms with E-state index in [0.717, 1.165) is 37.8 Å². The molecule has 0 amide bonds. The van der Waals surface area contributed by atoms with Crippen LogP contribution in [0.25, 0.3) is 0 Å². The maximum atomic E-state index is 9.26. The first-order valence-electron chi connectivity index (χ1n) is 4.35. The molecule has 1 heterocycles. The highest BCUT2D eigenvalue weighted by Crippen LogP contribution is 2.11.